The normalized spacial score (nSPS) is 11.2. The van der Waals surface area contributed by atoms with Crippen LogP contribution >= 0.6 is 11.6 Å². The lowest BCUT2D eigenvalue weighted by atomic mass is 10.1. The van der Waals surface area contributed by atoms with E-state index >= 15 is 0 Å². The van der Waals surface area contributed by atoms with Gasteiger partial charge in [-0.1, -0.05) is 11.6 Å². The summed E-state index contributed by atoms with van der Waals surface area (Å²) in [6.07, 6.45) is 0. The van der Waals surface area contributed by atoms with Gasteiger partial charge in [-0.05, 0) is 37.1 Å². The SMILES string of the molecule is Cc1cc2nc3cc(Cl)nnc3nc2cc1C. The molecule has 0 aliphatic carbocycles. The molecule has 0 aliphatic heterocycles. The fraction of sp³-hybridized carbons (Fsp3) is 0.167. The molecule has 0 amide bonds. The van der Waals surface area contributed by atoms with E-state index < -0.39 is 0 Å². The molecule has 3 aromatic rings. The highest BCUT2D eigenvalue weighted by atomic mass is 35.5. The predicted octanol–water partition coefficient (Wildman–Crippen LogP) is 2.84. The maximum Gasteiger partial charge on any atom is 0.201 e. The number of hydrogen-bond donors (Lipinski definition) is 0. The molecule has 0 radical (unpaired) electrons. The van der Waals surface area contributed by atoms with Crippen LogP contribution in [-0.2, 0) is 0 Å². The van der Waals surface area contributed by atoms with Crippen molar-refractivity contribution >= 4 is 33.8 Å². The molecule has 0 N–H and O–H groups in total. The van der Waals surface area contributed by atoms with E-state index in [4.69, 9.17) is 11.6 Å². The third-order valence-electron chi connectivity index (χ3n) is 2.78. The van der Waals surface area contributed by atoms with Crippen molar-refractivity contribution in [1.29, 1.82) is 0 Å². The van der Waals surface area contributed by atoms with Crippen molar-refractivity contribution in [2.45, 2.75) is 13.8 Å². The second-order valence-electron chi connectivity index (χ2n) is 4.02. The standard InChI is InChI=1S/C12H9ClN4/c1-6-3-8-9(4-7(6)2)15-12-10(14-8)5-11(13)16-17-12/h3-5H,1-2H3. The Labute approximate surface area is 103 Å². The van der Waals surface area contributed by atoms with Crippen LogP contribution in [0.25, 0.3) is 22.2 Å². The van der Waals surface area contributed by atoms with Crippen LogP contribution in [0, 0.1) is 13.8 Å². The summed E-state index contributed by atoms with van der Waals surface area (Å²) in [5.41, 5.74) is 5.25. The first-order valence-corrected chi connectivity index (χ1v) is 5.59. The average Bonchev–Trinajstić information content (AvgIpc) is 2.28. The van der Waals surface area contributed by atoms with Crippen molar-refractivity contribution in [1.82, 2.24) is 20.2 Å². The maximum atomic E-state index is 5.78. The van der Waals surface area contributed by atoms with Crippen molar-refractivity contribution in [3.05, 3.63) is 34.5 Å². The van der Waals surface area contributed by atoms with Crippen molar-refractivity contribution < 1.29 is 0 Å². The number of rotatable bonds is 0. The van der Waals surface area contributed by atoms with E-state index in [2.05, 4.69) is 27.1 Å². The van der Waals surface area contributed by atoms with Gasteiger partial charge in [0.15, 0.2) is 5.15 Å². The zero-order valence-corrected chi connectivity index (χ0v) is 10.2. The molecule has 3 rings (SSSR count). The highest BCUT2D eigenvalue weighted by Gasteiger charge is 2.05. The quantitative estimate of drug-likeness (QED) is 0.571. The highest BCUT2D eigenvalue weighted by Crippen LogP contribution is 2.19. The topological polar surface area (TPSA) is 51.6 Å². The first kappa shape index (κ1) is 10.4. The first-order valence-electron chi connectivity index (χ1n) is 5.21. The molecule has 0 saturated heterocycles. The Morgan fingerprint density at radius 3 is 2.18 bits per heavy atom. The van der Waals surface area contributed by atoms with Crippen LogP contribution in [0.2, 0.25) is 5.15 Å². The number of hydrogen-bond acceptors (Lipinski definition) is 4. The lowest BCUT2D eigenvalue weighted by molar-refractivity contribution is 1.05. The Hall–Kier alpha value is -1.81. The Balaban J connectivity index is 2.43. The van der Waals surface area contributed by atoms with Gasteiger partial charge in [0.05, 0.1) is 11.0 Å². The first-order chi connectivity index (χ1) is 8.13. The van der Waals surface area contributed by atoms with E-state index in [1.165, 1.54) is 11.1 Å². The summed E-state index contributed by atoms with van der Waals surface area (Å²) in [7, 11) is 0. The number of aromatic nitrogens is 4. The fourth-order valence-electron chi connectivity index (χ4n) is 1.72. The van der Waals surface area contributed by atoms with Crippen LogP contribution in [0.3, 0.4) is 0 Å². The molecule has 0 saturated carbocycles. The fourth-order valence-corrected chi connectivity index (χ4v) is 1.86. The van der Waals surface area contributed by atoms with Crippen molar-refractivity contribution in [3.8, 4) is 0 Å². The minimum Gasteiger partial charge on any atom is -0.243 e. The molecular formula is C12H9ClN4. The van der Waals surface area contributed by atoms with Gasteiger partial charge >= 0.3 is 0 Å². The summed E-state index contributed by atoms with van der Waals surface area (Å²) in [5.74, 6) is 0. The molecule has 0 spiro atoms. The van der Waals surface area contributed by atoms with Crippen LogP contribution in [0.1, 0.15) is 11.1 Å². The third-order valence-corrected chi connectivity index (χ3v) is 2.97. The second-order valence-corrected chi connectivity index (χ2v) is 4.41. The Kier molecular flexibility index (Phi) is 2.19. The molecule has 1 aromatic carbocycles. The van der Waals surface area contributed by atoms with E-state index in [-0.39, 0.29) is 0 Å². The summed E-state index contributed by atoms with van der Waals surface area (Å²) in [6, 6.07) is 5.70. The summed E-state index contributed by atoms with van der Waals surface area (Å²) >= 11 is 5.78. The third kappa shape index (κ3) is 1.70. The zero-order valence-electron chi connectivity index (χ0n) is 9.40. The number of nitrogens with zero attached hydrogens (tertiary/aromatic N) is 4. The van der Waals surface area contributed by atoms with Gasteiger partial charge in [0.25, 0.3) is 0 Å². The van der Waals surface area contributed by atoms with Gasteiger partial charge in [0, 0.05) is 6.07 Å². The van der Waals surface area contributed by atoms with Crippen LogP contribution in [0.4, 0.5) is 0 Å². The molecule has 2 aromatic heterocycles. The van der Waals surface area contributed by atoms with Crippen LogP contribution in [0.15, 0.2) is 18.2 Å². The monoisotopic (exact) mass is 244 g/mol. The molecule has 0 bridgehead atoms. The molecule has 5 heteroatoms. The van der Waals surface area contributed by atoms with Gasteiger partial charge in [-0.2, -0.15) is 0 Å². The summed E-state index contributed by atoms with van der Waals surface area (Å²) in [4.78, 5) is 8.92. The molecular weight excluding hydrogens is 236 g/mol. The van der Waals surface area contributed by atoms with Gasteiger partial charge < -0.3 is 0 Å². The minimum atomic E-state index is 0.329. The van der Waals surface area contributed by atoms with Gasteiger partial charge in [-0.25, -0.2) is 9.97 Å². The van der Waals surface area contributed by atoms with E-state index in [0.717, 1.165) is 11.0 Å². The smallest absolute Gasteiger partial charge is 0.201 e. The largest absolute Gasteiger partial charge is 0.243 e. The van der Waals surface area contributed by atoms with Crippen LogP contribution < -0.4 is 0 Å². The average molecular weight is 245 g/mol. The van der Waals surface area contributed by atoms with Gasteiger partial charge in [-0.3, -0.25) is 0 Å². The van der Waals surface area contributed by atoms with Crippen molar-refractivity contribution in [3.63, 3.8) is 0 Å². The van der Waals surface area contributed by atoms with Gasteiger partial charge in [0.1, 0.15) is 5.52 Å². The predicted molar refractivity (Wildman–Crippen MR) is 67.1 cm³/mol. The summed E-state index contributed by atoms with van der Waals surface area (Å²) < 4.78 is 0. The van der Waals surface area contributed by atoms with Crippen molar-refractivity contribution in [2.24, 2.45) is 0 Å². The lowest BCUT2D eigenvalue weighted by Crippen LogP contribution is -1.94. The van der Waals surface area contributed by atoms with E-state index in [0.29, 0.717) is 16.3 Å². The molecule has 17 heavy (non-hydrogen) atoms. The molecule has 2 heterocycles. The molecule has 0 aliphatic rings. The Bertz CT molecular complexity index is 739. The highest BCUT2D eigenvalue weighted by molar-refractivity contribution is 6.29. The van der Waals surface area contributed by atoms with Crippen LogP contribution in [0.5, 0.6) is 0 Å². The maximum absolute atomic E-state index is 5.78. The number of aryl methyl sites for hydroxylation is 2. The number of fused-ring (bicyclic) bond motifs is 2. The van der Waals surface area contributed by atoms with Crippen LogP contribution in [-0.4, -0.2) is 20.2 Å². The molecule has 0 fully saturated rings. The second kappa shape index (κ2) is 3.60. The minimum absolute atomic E-state index is 0.329. The van der Waals surface area contributed by atoms with E-state index in [1.807, 2.05) is 19.1 Å². The Morgan fingerprint density at radius 2 is 1.47 bits per heavy atom. The van der Waals surface area contributed by atoms with E-state index in [1.54, 1.807) is 6.07 Å². The number of halogens is 1. The molecule has 4 nitrogen and oxygen atoms in total. The van der Waals surface area contributed by atoms with Crippen molar-refractivity contribution in [2.75, 3.05) is 0 Å². The molecule has 84 valence electrons. The van der Waals surface area contributed by atoms with Gasteiger partial charge in [0.2, 0.25) is 5.65 Å². The summed E-state index contributed by atoms with van der Waals surface area (Å²) in [6.45, 7) is 4.10. The molecule has 0 unspecified atom stereocenters. The lowest BCUT2D eigenvalue weighted by Gasteiger charge is -2.03. The Morgan fingerprint density at radius 1 is 0.824 bits per heavy atom. The number of benzene rings is 1. The van der Waals surface area contributed by atoms with Gasteiger partial charge in [-0.15, -0.1) is 10.2 Å². The molecule has 0 atom stereocenters. The van der Waals surface area contributed by atoms with E-state index in [9.17, 15) is 0 Å². The summed E-state index contributed by atoms with van der Waals surface area (Å²) in [5, 5.41) is 8.02. The zero-order chi connectivity index (χ0) is 12.0.